The second kappa shape index (κ2) is 12.1. The molecular formula is C35H40N6O3. The van der Waals surface area contributed by atoms with Crippen molar-refractivity contribution in [3.05, 3.63) is 106 Å². The first-order valence-corrected chi connectivity index (χ1v) is 14.8. The Hall–Kier alpha value is -4.76. The van der Waals surface area contributed by atoms with Gasteiger partial charge in [-0.15, -0.1) is 0 Å². The summed E-state index contributed by atoms with van der Waals surface area (Å²) in [5, 5.41) is 6.20. The van der Waals surface area contributed by atoms with Crippen LogP contribution in [0.5, 0.6) is 0 Å². The lowest BCUT2D eigenvalue weighted by atomic mass is 9.86. The van der Waals surface area contributed by atoms with Crippen LogP contribution < -0.4 is 16.2 Å². The average Bonchev–Trinajstić information content (AvgIpc) is 2.99. The highest BCUT2D eigenvalue weighted by Gasteiger charge is 2.31. The number of amides is 2. The summed E-state index contributed by atoms with van der Waals surface area (Å²) in [5.41, 5.74) is 5.93. The van der Waals surface area contributed by atoms with Gasteiger partial charge in [-0.2, -0.15) is 0 Å². The van der Waals surface area contributed by atoms with Crippen LogP contribution in [-0.2, 0) is 17.3 Å². The Kier molecular flexibility index (Phi) is 8.43. The van der Waals surface area contributed by atoms with Crippen LogP contribution in [0.2, 0.25) is 0 Å². The lowest BCUT2D eigenvalue weighted by Crippen LogP contribution is -2.48. The third-order valence-electron chi connectivity index (χ3n) is 8.27. The van der Waals surface area contributed by atoms with E-state index in [9.17, 15) is 14.4 Å². The van der Waals surface area contributed by atoms with Crippen LogP contribution in [0.3, 0.4) is 0 Å². The van der Waals surface area contributed by atoms with Gasteiger partial charge in [0.05, 0.1) is 5.69 Å². The summed E-state index contributed by atoms with van der Waals surface area (Å²) in [6.45, 7) is 9.85. The zero-order chi connectivity index (χ0) is 31.8. The molecule has 1 aromatic heterocycles. The quantitative estimate of drug-likeness (QED) is 0.307. The molecule has 0 bridgehead atoms. The van der Waals surface area contributed by atoms with Crippen molar-refractivity contribution in [2.75, 3.05) is 37.8 Å². The molecule has 1 atom stereocenters. The molecule has 2 N–H and O–H groups in total. The molecule has 228 valence electrons. The van der Waals surface area contributed by atoms with Crippen molar-refractivity contribution in [1.29, 1.82) is 0 Å². The van der Waals surface area contributed by atoms with Gasteiger partial charge in [0.25, 0.3) is 11.5 Å². The molecule has 2 heterocycles. The lowest BCUT2D eigenvalue weighted by molar-refractivity contribution is -0.139. The Balaban J connectivity index is 1.38. The molecule has 1 fully saturated rings. The van der Waals surface area contributed by atoms with Gasteiger partial charge in [-0.1, -0.05) is 57.2 Å². The highest BCUT2D eigenvalue weighted by atomic mass is 16.2. The van der Waals surface area contributed by atoms with Gasteiger partial charge >= 0.3 is 0 Å². The fourth-order valence-corrected chi connectivity index (χ4v) is 5.41. The molecule has 9 nitrogen and oxygen atoms in total. The van der Waals surface area contributed by atoms with Gasteiger partial charge < -0.3 is 20.1 Å². The molecule has 44 heavy (non-hydrogen) atoms. The number of benzene rings is 3. The highest BCUT2D eigenvalue weighted by Crippen LogP contribution is 2.30. The number of likely N-dealkylation sites (N-methyl/N-ethyl adjacent to an activating group) is 2. The molecule has 0 spiro atoms. The number of nitrogens with one attached hydrogen (secondary N) is 2. The number of hydrogen-bond acceptors (Lipinski definition) is 6. The normalized spacial score (nSPS) is 15.8. The number of anilines is 3. The van der Waals surface area contributed by atoms with Gasteiger partial charge in [0.2, 0.25) is 5.91 Å². The number of aryl methyl sites for hydroxylation is 1. The number of carbonyl (C=O) groups excluding carboxylic acids is 2. The second-order valence-electron chi connectivity index (χ2n) is 12.5. The van der Waals surface area contributed by atoms with Crippen molar-refractivity contribution in [2.45, 2.75) is 39.2 Å². The Morgan fingerprint density at radius 3 is 2.25 bits per heavy atom. The highest BCUT2D eigenvalue weighted by molar-refractivity contribution is 6.05. The molecule has 0 unspecified atom stereocenters. The summed E-state index contributed by atoms with van der Waals surface area (Å²) in [4.78, 5) is 47.4. The molecule has 1 aliphatic rings. The van der Waals surface area contributed by atoms with E-state index in [2.05, 4.69) is 31.4 Å². The molecule has 0 saturated carbocycles. The minimum absolute atomic E-state index is 0.00354. The summed E-state index contributed by atoms with van der Waals surface area (Å²) >= 11 is 0. The van der Waals surface area contributed by atoms with E-state index < -0.39 is 0 Å². The summed E-state index contributed by atoms with van der Waals surface area (Å²) in [6, 6.07) is 20.5. The van der Waals surface area contributed by atoms with Crippen LogP contribution in [0.1, 0.15) is 53.9 Å². The third-order valence-corrected chi connectivity index (χ3v) is 8.27. The number of piperazine rings is 1. The van der Waals surface area contributed by atoms with E-state index in [0.717, 1.165) is 28.8 Å². The molecule has 5 rings (SSSR count). The number of rotatable bonds is 6. The average molecular weight is 593 g/mol. The van der Waals surface area contributed by atoms with Crippen LogP contribution in [-0.4, -0.2) is 58.4 Å². The fourth-order valence-electron chi connectivity index (χ4n) is 5.41. The van der Waals surface area contributed by atoms with Gasteiger partial charge in [-0.3, -0.25) is 19.3 Å². The first-order chi connectivity index (χ1) is 20.8. The van der Waals surface area contributed by atoms with Crippen molar-refractivity contribution in [2.24, 2.45) is 7.05 Å². The van der Waals surface area contributed by atoms with Gasteiger partial charge in [-0.25, -0.2) is 4.98 Å². The van der Waals surface area contributed by atoms with Gasteiger partial charge in [0.15, 0.2) is 5.82 Å². The molecule has 1 aliphatic heterocycles. The smallest absolute Gasteiger partial charge is 0.293 e. The number of hydrogen-bond donors (Lipinski definition) is 2. The molecule has 1 saturated heterocycles. The maximum Gasteiger partial charge on any atom is 0.293 e. The first-order valence-electron chi connectivity index (χ1n) is 14.8. The van der Waals surface area contributed by atoms with E-state index in [-0.39, 0.29) is 34.6 Å². The molecular weight excluding hydrogens is 552 g/mol. The van der Waals surface area contributed by atoms with E-state index in [1.54, 1.807) is 18.1 Å². The van der Waals surface area contributed by atoms with Crippen LogP contribution in [0.4, 0.5) is 17.2 Å². The van der Waals surface area contributed by atoms with E-state index in [1.807, 2.05) is 92.6 Å². The number of aromatic nitrogens is 2. The maximum atomic E-state index is 13.1. The zero-order valence-corrected chi connectivity index (χ0v) is 26.4. The van der Waals surface area contributed by atoms with Crippen molar-refractivity contribution in [3.63, 3.8) is 0 Å². The van der Waals surface area contributed by atoms with E-state index >= 15 is 0 Å². The maximum absolute atomic E-state index is 13.1. The minimum atomic E-state index is -0.337. The monoisotopic (exact) mass is 592 g/mol. The van der Waals surface area contributed by atoms with Crippen LogP contribution in [0.25, 0.3) is 11.3 Å². The fraction of sp³-hybridized carbons (Fsp3) is 0.314. The standard InChI is InChI=1S/C35H40N6O3/c1-22-27(9-8-10-28(22)38-32(42)24-11-15-25(16-12-24)35(2,3)4)29-21-41(7)34(44)31(37-29)36-26-17-13-23(14-18-26)30-33(43)40(6)20-19-39(30)5/h8-18,21,30H,19-20H2,1-7H3,(H,36,37)(H,38,42)/t30-/m1/s1. The summed E-state index contributed by atoms with van der Waals surface area (Å²) in [7, 11) is 5.46. The van der Waals surface area contributed by atoms with Gasteiger partial charge in [0.1, 0.15) is 6.04 Å². The summed E-state index contributed by atoms with van der Waals surface area (Å²) in [5.74, 6) is 0.0451. The second-order valence-corrected chi connectivity index (χ2v) is 12.5. The summed E-state index contributed by atoms with van der Waals surface area (Å²) < 4.78 is 1.49. The predicted octanol–water partition coefficient (Wildman–Crippen LogP) is 5.49. The zero-order valence-electron chi connectivity index (χ0n) is 26.4. The van der Waals surface area contributed by atoms with E-state index in [0.29, 0.717) is 29.2 Å². The first kappa shape index (κ1) is 30.7. The largest absolute Gasteiger partial charge is 0.343 e. The Labute approximate surface area is 258 Å². The van der Waals surface area contributed by atoms with Crippen LogP contribution in [0, 0.1) is 6.92 Å². The third kappa shape index (κ3) is 6.28. The molecule has 3 aromatic carbocycles. The van der Waals surface area contributed by atoms with Crippen LogP contribution >= 0.6 is 0 Å². The van der Waals surface area contributed by atoms with E-state index in [1.165, 1.54) is 4.57 Å². The van der Waals surface area contributed by atoms with Crippen LogP contribution in [0.15, 0.2) is 77.7 Å². The van der Waals surface area contributed by atoms with E-state index in [4.69, 9.17) is 4.98 Å². The van der Waals surface area contributed by atoms with Crippen molar-refractivity contribution in [3.8, 4) is 11.3 Å². The minimum Gasteiger partial charge on any atom is -0.343 e. The summed E-state index contributed by atoms with van der Waals surface area (Å²) in [6.07, 6.45) is 1.69. The van der Waals surface area contributed by atoms with Crippen molar-refractivity contribution in [1.82, 2.24) is 19.4 Å². The Morgan fingerprint density at radius 2 is 1.59 bits per heavy atom. The molecule has 0 radical (unpaired) electrons. The SMILES string of the molecule is Cc1c(NC(=O)c2ccc(C(C)(C)C)cc2)cccc1-c1cn(C)c(=O)c(Nc2ccc([C@@H]3C(=O)N(C)CCN3C)cc2)n1. The molecule has 9 heteroatoms. The molecule has 2 amide bonds. The van der Waals surface area contributed by atoms with Crippen molar-refractivity contribution < 1.29 is 9.59 Å². The Bertz CT molecular complexity index is 1750. The van der Waals surface area contributed by atoms with Crippen molar-refractivity contribution >= 4 is 29.0 Å². The topological polar surface area (TPSA) is 99.6 Å². The lowest BCUT2D eigenvalue weighted by Gasteiger charge is -2.37. The number of carbonyl (C=O) groups is 2. The predicted molar refractivity (Wildman–Crippen MR) is 175 cm³/mol. The molecule has 4 aromatic rings. The Morgan fingerprint density at radius 1 is 0.909 bits per heavy atom. The number of nitrogens with zero attached hydrogens (tertiary/aromatic N) is 4. The molecule has 0 aliphatic carbocycles. The van der Waals surface area contributed by atoms with Gasteiger partial charge in [0, 0.05) is 55.9 Å². The van der Waals surface area contributed by atoms with Gasteiger partial charge in [-0.05, 0) is 66.4 Å².